The maximum atomic E-state index is 5.48. The molecule has 5 nitrogen and oxygen atoms in total. The molecule has 1 unspecified atom stereocenters. The highest BCUT2D eigenvalue weighted by molar-refractivity contribution is 7.80. The molecule has 18 heavy (non-hydrogen) atoms. The van der Waals surface area contributed by atoms with Gasteiger partial charge in [0.2, 0.25) is 0 Å². The van der Waals surface area contributed by atoms with Crippen LogP contribution in [0.5, 0.6) is 0 Å². The molecule has 0 aromatic carbocycles. The summed E-state index contributed by atoms with van der Waals surface area (Å²) in [6, 6.07) is 0.360. The Labute approximate surface area is 112 Å². The van der Waals surface area contributed by atoms with Crippen molar-refractivity contribution < 1.29 is 4.74 Å². The Bertz CT molecular complexity index is 403. The normalized spacial score (nSPS) is 18.3. The molecule has 0 amide bonds. The van der Waals surface area contributed by atoms with Crippen LogP contribution in [0.25, 0.3) is 0 Å². The number of rotatable bonds is 4. The maximum Gasteiger partial charge on any atom is 0.144 e. The van der Waals surface area contributed by atoms with Crippen molar-refractivity contribution in [2.24, 2.45) is 11.7 Å². The van der Waals surface area contributed by atoms with Gasteiger partial charge in [0.25, 0.3) is 0 Å². The fourth-order valence-corrected chi connectivity index (χ4v) is 2.20. The van der Waals surface area contributed by atoms with Gasteiger partial charge < -0.3 is 15.8 Å². The quantitative estimate of drug-likeness (QED) is 0.801. The smallest absolute Gasteiger partial charge is 0.144 e. The summed E-state index contributed by atoms with van der Waals surface area (Å²) >= 11 is 4.84. The van der Waals surface area contributed by atoms with Crippen LogP contribution in [0, 0.1) is 5.92 Å². The highest BCUT2D eigenvalue weighted by Gasteiger charge is 2.20. The van der Waals surface area contributed by atoms with Crippen LogP contribution in [0.15, 0.2) is 12.4 Å². The summed E-state index contributed by atoms with van der Waals surface area (Å²) in [6.45, 7) is 3.87. The van der Waals surface area contributed by atoms with Gasteiger partial charge in [-0.05, 0) is 25.7 Å². The third kappa shape index (κ3) is 3.36. The van der Waals surface area contributed by atoms with Gasteiger partial charge in [-0.25, -0.2) is 9.97 Å². The molecule has 2 rings (SSSR count). The third-order valence-corrected chi connectivity index (χ3v) is 3.46. The Balaban J connectivity index is 1.93. The number of nitrogens with two attached hydrogens (primary N) is 1. The van der Waals surface area contributed by atoms with E-state index in [4.69, 9.17) is 22.7 Å². The van der Waals surface area contributed by atoms with E-state index >= 15 is 0 Å². The molecule has 2 heterocycles. The molecule has 6 heteroatoms. The summed E-state index contributed by atoms with van der Waals surface area (Å²) in [7, 11) is 0. The summed E-state index contributed by atoms with van der Waals surface area (Å²) < 4.78 is 5.36. The van der Waals surface area contributed by atoms with Gasteiger partial charge >= 0.3 is 0 Å². The first-order valence-electron chi connectivity index (χ1n) is 6.13. The van der Waals surface area contributed by atoms with Crippen molar-refractivity contribution >= 4 is 23.0 Å². The fraction of sp³-hybridized carbons (Fsp3) is 0.583. The topological polar surface area (TPSA) is 73.1 Å². The van der Waals surface area contributed by atoms with Crippen LogP contribution in [0.4, 0.5) is 5.82 Å². The van der Waals surface area contributed by atoms with E-state index in [2.05, 4.69) is 22.2 Å². The number of ether oxygens (including phenoxy) is 1. The number of anilines is 1. The molecule has 1 aliphatic heterocycles. The number of nitrogens with one attached hydrogen (secondary N) is 1. The van der Waals surface area contributed by atoms with Gasteiger partial charge in [0, 0.05) is 19.3 Å². The molecule has 1 aromatic heterocycles. The average Bonchev–Trinajstić information content (AvgIpc) is 2.40. The van der Waals surface area contributed by atoms with E-state index in [0.717, 1.165) is 31.9 Å². The Morgan fingerprint density at radius 3 is 2.72 bits per heavy atom. The second-order valence-corrected chi connectivity index (χ2v) is 4.97. The van der Waals surface area contributed by atoms with E-state index < -0.39 is 0 Å². The van der Waals surface area contributed by atoms with Gasteiger partial charge in [-0.15, -0.1) is 0 Å². The molecule has 1 aliphatic rings. The van der Waals surface area contributed by atoms with Crippen LogP contribution >= 0.6 is 12.2 Å². The lowest BCUT2D eigenvalue weighted by molar-refractivity contribution is 0.0622. The lowest BCUT2D eigenvalue weighted by Gasteiger charge is -2.28. The van der Waals surface area contributed by atoms with Crippen LogP contribution in [0.1, 0.15) is 25.5 Å². The standard InChI is InChI=1S/C12H18N4OS/c1-8(9-2-4-17-5-3-9)16-11-7-14-10(6-15-11)12(13)18/h6-9H,2-5H2,1H3,(H2,13,18)(H,15,16). The molecular weight excluding hydrogens is 248 g/mol. The van der Waals surface area contributed by atoms with E-state index in [0.29, 0.717) is 17.7 Å². The van der Waals surface area contributed by atoms with Gasteiger partial charge in [-0.2, -0.15) is 0 Å². The van der Waals surface area contributed by atoms with Crippen LogP contribution in [-0.4, -0.2) is 34.2 Å². The number of thiocarbonyl (C=S) groups is 1. The van der Waals surface area contributed by atoms with Gasteiger partial charge in [-0.1, -0.05) is 12.2 Å². The van der Waals surface area contributed by atoms with Gasteiger partial charge in [0.1, 0.15) is 16.5 Å². The summed E-state index contributed by atoms with van der Waals surface area (Å²) in [4.78, 5) is 8.69. The minimum atomic E-state index is 0.270. The zero-order chi connectivity index (χ0) is 13.0. The molecule has 3 N–H and O–H groups in total. The predicted octanol–water partition coefficient (Wildman–Crippen LogP) is 1.34. The van der Waals surface area contributed by atoms with E-state index in [-0.39, 0.29) is 4.99 Å². The molecule has 98 valence electrons. The summed E-state index contributed by atoms with van der Waals surface area (Å²) in [5, 5.41) is 3.36. The zero-order valence-electron chi connectivity index (χ0n) is 10.4. The molecule has 1 atom stereocenters. The number of hydrogen-bond acceptors (Lipinski definition) is 5. The predicted molar refractivity (Wildman–Crippen MR) is 74.5 cm³/mol. The summed E-state index contributed by atoms with van der Waals surface area (Å²) in [5.41, 5.74) is 6.03. The summed E-state index contributed by atoms with van der Waals surface area (Å²) in [5.74, 6) is 1.38. The molecular formula is C12H18N4OS. The second-order valence-electron chi connectivity index (χ2n) is 4.53. The first-order valence-corrected chi connectivity index (χ1v) is 6.54. The van der Waals surface area contributed by atoms with E-state index in [9.17, 15) is 0 Å². The monoisotopic (exact) mass is 266 g/mol. The summed E-state index contributed by atoms with van der Waals surface area (Å²) in [6.07, 6.45) is 5.45. The van der Waals surface area contributed by atoms with Crippen molar-refractivity contribution in [1.82, 2.24) is 9.97 Å². The Morgan fingerprint density at radius 1 is 1.44 bits per heavy atom. The van der Waals surface area contributed by atoms with E-state index in [1.54, 1.807) is 12.4 Å². The van der Waals surface area contributed by atoms with E-state index in [1.165, 1.54) is 0 Å². The third-order valence-electron chi connectivity index (χ3n) is 3.25. The Kier molecular flexibility index (Phi) is 4.43. The van der Waals surface area contributed by atoms with Crippen LogP contribution in [0.2, 0.25) is 0 Å². The van der Waals surface area contributed by atoms with Crippen LogP contribution in [0.3, 0.4) is 0 Å². The average molecular weight is 266 g/mol. The van der Waals surface area contributed by atoms with Crippen molar-refractivity contribution in [2.45, 2.75) is 25.8 Å². The van der Waals surface area contributed by atoms with Crippen molar-refractivity contribution in [1.29, 1.82) is 0 Å². The van der Waals surface area contributed by atoms with Crippen LogP contribution < -0.4 is 11.1 Å². The number of nitrogens with zero attached hydrogens (tertiary/aromatic N) is 2. The molecule has 0 aliphatic carbocycles. The molecule has 1 saturated heterocycles. The Morgan fingerprint density at radius 2 is 2.17 bits per heavy atom. The highest BCUT2D eigenvalue weighted by atomic mass is 32.1. The maximum absolute atomic E-state index is 5.48. The van der Waals surface area contributed by atoms with Crippen molar-refractivity contribution in [3.05, 3.63) is 18.1 Å². The van der Waals surface area contributed by atoms with Crippen LogP contribution in [-0.2, 0) is 4.74 Å². The molecule has 0 spiro atoms. The molecule has 0 saturated carbocycles. The molecule has 1 fully saturated rings. The molecule has 0 radical (unpaired) electrons. The first-order chi connectivity index (χ1) is 8.66. The minimum absolute atomic E-state index is 0.270. The van der Waals surface area contributed by atoms with Crippen molar-refractivity contribution in [3.8, 4) is 0 Å². The lowest BCUT2D eigenvalue weighted by Crippen LogP contribution is -2.31. The van der Waals surface area contributed by atoms with E-state index in [1.807, 2.05) is 0 Å². The molecule has 0 bridgehead atoms. The zero-order valence-corrected chi connectivity index (χ0v) is 11.2. The first kappa shape index (κ1) is 13.2. The Hall–Kier alpha value is -1.27. The second kappa shape index (κ2) is 6.06. The largest absolute Gasteiger partial charge is 0.388 e. The number of aromatic nitrogens is 2. The lowest BCUT2D eigenvalue weighted by atomic mass is 9.93. The van der Waals surface area contributed by atoms with Gasteiger partial charge in [0.15, 0.2) is 0 Å². The van der Waals surface area contributed by atoms with Gasteiger partial charge in [0.05, 0.1) is 12.4 Å². The highest BCUT2D eigenvalue weighted by Crippen LogP contribution is 2.20. The SMILES string of the molecule is CC(Nc1cnc(C(N)=S)cn1)C1CCOCC1. The fourth-order valence-electron chi connectivity index (χ4n) is 2.10. The van der Waals surface area contributed by atoms with Crippen molar-refractivity contribution in [2.75, 3.05) is 18.5 Å². The van der Waals surface area contributed by atoms with Gasteiger partial charge in [-0.3, -0.25) is 0 Å². The van der Waals surface area contributed by atoms with Crippen molar-refractivity contribution in [3.63, 3.8) is 0 Å². The molecule has 1 aromatic rings. The minimum Gasteiger partial charge on any atom is -0.388 e. The number of hydrogen-bond donors (Lipinski definition) is 2.